The van der Waals surface area contributed by atoms with E-state index in [0.29, 0.717) is 5.56 Å². The highest BCUT2D eigenvalue weighted by Crippen LogP contribution is 2.24. The molecule has 5 nitrogen and oxygen atoms in total. The van der Waals surface area contributed by atoms with Crippen LogP contribution in [-0.4, -0.2) is 37.1 Å². The number of hydrogen-bond acceptors (Lipinski definition) is 4. The summed E-state index contributed by atoms with van der Waals surface area (Å²) < 4.78 is 5.22. The number of carboxylic acids is 1. The molecule has 1 unspecified atom stereocenters. The maximum Gasteiger partial charge on any atom is 0.303 e. The molecule has 0 saturated carbocycles. The Labute approximate surface area is 118 Å². The number of Topliss-reactive ketones (excluding diaryl/α,β-unsaturated/α-hetero) is 1. The predicted octanol–water partition coefficient (Wildman–Crippen LogP) is 1.95. The summed E-state index contributed by atoms with van der Waals surface area (Å²) in [5.74, 6) is -0.247. The van der Waals surface area contributed by atoms with E-state index in [4.69, 9.17) is 9.84 Å². The fourth-order valence-corrected chi connectivity index (χ4v) is 2.14. The molecule has 1 aromatic carbocycles. The Morgan fingerprint density at radius 3 is 2.45 bits per heavy atom. The number of ketones is 1. The first kappa shape index (κ1) is 16.2. The van der Waals surface area contributed by atoms with Gasteiger partial charge < -0.3 is 15.2 Å². The maximum atomic E-state index is 12.5. The zero-order valence-electron chi connectivity index (χ0n) is 12.3. The van der Waals surface area contributed by atoms with Crippen molar-refractivity contribution in [3.05, 3.63) is 28.8 Å². The van der Waals surface area contributed by atoms with E-state index >= 15 is 0 Å². The molecule has 5 heteroatoms. The Hall–Kier alpha value is -1.88. The normalized spacial score (nSPS) is 12.0. The Balaban J connectivity index is 3.00. The average molecular weight is 279 g/mol. The lowest BCUT2D eigenvalue weighted by molar-refractivity contribution is -0.137. The molecule has 20 heavy (non-hydrogen) atoms. The second kappa shape index (κ2) is 7.05. The van der Waals surface area contributed by atoms with Gasteiger partial charge in [0.2, 0.25) is 0 Å². The number of benzene rings is 1. The average Bonchev–Trinajstić information content (AvgIpc) is 2.40. The third-order valence-corrected chi connectivity index (χ3v) is 3.32. The van der Waals surface area contributed by atoms with Crippen LogP contribution in [0.2, 0.25) is 0 Å². The van der Waals surface area contributed by atoms with E-state index in [9.17, 15) is 9.59 Å². The molecular weight excluding hydrogens is 258 g/mol. The minimum atomic E-state index is -0.902. The number of methoxy groups -OCH3 is 1. The van der Waals surface area contributed by atoms with E-state index in [0.717, 1.165) is 16.9 Å². The van der Waals surface area contributed by atoms with Crippen molar-refractivity contribution < 1.29 is 19.4 Å². The van der Waals surface area contributed by atoms with Gasteiger partial charge in [0.25, 0.3) is 0 Å². The fourth-order valence-electron chi connectivity index (χ4n) is 2.14. The molecule has 0 aliphatic heterocycles. The topological polar surface area (TPSA) is 75.6 Å². The SMILES string of the molecule is CNC(CCC(=O)O)C(=O)c1cc(C)c(OC)cc1C. The monoisotopic (exact) mass is 279 g/mol. The zero-order valence-corrected chi connectivity index (χ0v) is 12.3. The smallest absolute Gasteiger partial charge is 0.303 e. The van der Waals surface area contributed by atoms with Crippen molar-refractivity contribution in [2.45, 2.75) is 32.7 Å². The van der Waals surface area contributed by atoms with Crippen LogP contribution in [0.5, 0.6) is 5.75 Å². The van der Waals surface area contributed by atoms with E-state index in [1.165, 1.54) is 0 Å². The van der Waals surface area contributed by atoms with Crippen LogP contribution >= 0.6 is 0 Å². The molecule has 0 fully saturated rings. The molecule has 0 spiro atoms. The molecule has 1 aromatic rings. The Kier molecular flexibility index (Phi) is 5.70. The zero-order chi connectivity index (χ0) is 15.3. The van der Waals surface area contributed by atoms with Gasteiger partial charge in [-0.15, -0.1) is 0 Å². The molecule has 0 saturated heterocycles. The molecule has 0 aromatic heterocycles. The van der Waals surface area contributed by atoms with Crippen LogP contribution in [0.25, 0.3) is 0 Å². The van der Waals surface area contributed by atoms with Gasteiger partial charge in [0.15, 0.2) is 5.78 Å². The summed E-state index contributed by atoms with van der Waals surface area (Å²) in [5, 5.41) is 11.6. The second-order valence-corrected chi connectivity index (χ2v) is 4.77. The van der Waals surface area contributed by atoms with Crippen LogP contribution in [0.3, 0.4) is 0 Å². The summed E-state index contributed by atoms with van der Waals surface area (Å²) in [6.45, 7) is 3.72. The summed E-state index contributed by atoms with van der Waals surface area (Å²) in [4.78, 5) is 23.1. The lowest BCUT2D eigenvalue weighted by atomic mass is 9.95. The van der Waals surface area contributed by atoms with Crippen molar-refractivity contribution in [1.82, 2.24) is 5.32 Å². The number of hydrogen-bond donors (Lipinski definition) is 2. The van der Waals surface area contributed by atoms with Gasteiger partial charge in [-0.2, -0.15) is 0 Å². The van der Waals surface area contributed by atoms with E-state index in [1.807, 2.05) is 19.9 Å². The van der Waals surface area contributed by atoms with Crippen molar-refractivity contribution in [3.8, 4) is 5.75 Å². The van der Waals surface area contributed by atoms with Crippen LogP contribution in [0.4, 0.5) is 0 Å². The van der Waals surface area contributed by atoms with E-state index < -0.39 is 12.0 Å². The summed E-state index contributed by atoms with van der Waals surface area (Å²) in [5.41, 5.74) is 2.32. The third kappa shape index (κ3) is 3.81. The van der Waals surface area contributed by atoms with E-state index in [1.54, 1.807) is 20.2 Å². The van der Waals surface area contributed by atoms with Crippen LogP contribution in [0, 0.1) is 13.8 Å². The number of aliphatic carboxylic acids is 1. The standard InChI is InChI=1S/C15H21NO4/c1-9-8-13(20-4)10(2)7-11(9)15(19)12(16-3)5-6-14(17)18/h7-8,12,16H,5-6H2,1-4H3,(H,17,18). The lowest BCUT2D eigenvalue weighted by Gasteiger charge is -2.17. The first-order chi connectivity index (χ1) is 9.40. The summed E-state index contributed by atoms with van der Waals surface area (Å²) in [7, 11) is 3.25. The molecule has 1 atom stereocenters. The predicted molar refractivity (Wildman–Crippen MR) is 76.5 cm³/mol. The molecule has 0 amide bonds. The lowest BCUT2D eigenvalue weighted by Crippen LogP contribution is -2.35. The number of aryl methyl sites for hydroxylation is 2. The van der Waals surface area contributed by atoms with Crippen LogP contribution in [0.15, 0.2) is 12.1 Å². The Bertz CT molecular complexity index is 511. The number of carboxylic acid groups (broad SMARTS) is 1. The molecule has 0 heterocycles. The highest BCUT2D eigenvalue weighted by atomic mass is 16.5. The molecule has 110 valence electrons. The fraction of sp³-hybridized carbons (Fsp3) is 0.467. The first-order valence-electron chi connectivity index (χ1n) is 6.49. The van der Waals surface area contributed by atoms with Crippen molar-refractivity contribution in [1.29, 1.82) is 0 Å². The minimum absolute atomic E-state index is 0.0363. The van der Waals surface area contributed by atoms with Gasteiger partial charge in [-0.1, -0.05) is 0 Å². The molecule has 0 bridgehead atoms. The van der Waals surface area contributed by atoms with Crippen molar-refractivity contribution in [2.24, 2.45) is 0 Å². The van der Waals surface area contributed by atoms with Gasteiger partial charge in [0.05, 0.1) is 13.2 Å². The van der Waals surface area contributed by atoms with Crippen LogP contribution in [0.1, 0.15) is 34.3 Å². The van der Waals surface area contributed by atoms with Gasteiger partial charge >= 0.3 is 5.97 Å². The summed E-state index contributed by atoms with van der Waals surface area (Å²) in [6, 6.07) is 3.13. The molecule has 0 radical (unpaired) electrons. The second-order valence-electron chi connectivity index (χ2n) is 4.77. The van der Waals surface area contributed by atoms with Gasteiger partial charge in [-0.25, -0.2) is 0 Å². The Morgan fingerprint density at radius 1 is 1.30 bits per heavy atom. The van der Waals surface area contributed by atoms with E-state index in [-0.39, 0.29) is 18.6 Å². The number of carbonyl (C=O) groups excluding carboxylic acids is 1. The van der Waals surface area contributed by atoms with Crippen molar-refractivity contribution in [2.75, 3.05) is 14.2 Å². The molecule has 0 aliphatic rings. The van der Waals surface area contributed by atoms with Gasteiger partial charge in [0, 0.05) is 12.0 Å². The maximum absolute atomic E-state index is 12.5. The molecule has 2 N–H and O–H groups in total. The third-order valence-electron chi connectivity index (χ3n) is 3.32. The first-order valence-corrected chi connectivity index (χ1v) is 6.49. The molecule has 1 rings (SSSR count). The minimum Gasteiger partial charge on any atom is -0.496 e. The van der Waals surface area contributed by atoms with Crippen molar-refractivity contribution >= 4 is 11.8 Å². The number of rotatable bonds is 7. The molecule has 0 aliphatic carbocycles. The number of carbonyl (C=O) groups is 2. The van der Waals surface area contributed by atoms with Gasteiger partial charge in [0.1, 0.15) is 5.75 Å². The summed E-state index contributed by atoms with van der Waals surface area (Å²) in [6.07, 6.45) is 0.237. The van der Waals surface area contributed by atoms with E-state index in [2.05, 4.69) is 5.32 Å². The molecular formula is C15H21NO4. The quantitative estimate of drug-likeness (QED) is 0.746. The number of ether oxygens (including phenoxy) is 1. The highest BCUT2D eigenvalue weighted by molar-refractivity contribution is 6.01. The van der Waals surface area contributed by atoms with Gasteiger partial charge in [-0.05, 0) is 50.6 Å². The van der Waals surface area contributed by atoms with Gasteiger partial charge in [-0.3, -0.25) is 9.59 Å². The number of nitrogens with one attached hydrogen (secondary N) is 1. The summed E-state index contributed by atoms with van der Waals surface area (Å²) >= 11 is 0. The number of likely N-dealkylation sites (N-methyl/N-ethyl adjacent to an activating group) is 1. The van der Waals surface area contributed by atoms with Crippen molar-refractivity contribution in [3.63, 3.8) is 0 Å². The van der Waals surface area contributed by atoms with Crippen LogP contribution in [-0.2, 0) is 4.79 Å². The van der Waals surface area contributed by atoms with Crippen LogP contribution < -0.4 is 10.1 Å². The Morgan fingerprint density at radius 2 is 1.95 bits per heavy atom. The largest absolute Gasteiger partial charge is 0.496 e. The highest BCUT2D eigenvalue weighted by Gasteiger charge is 2.21.